The molecule has 0 spiro atoms. The van der Waals surface area contributed by atoms with E-state index in [0.29, 0.717) is 23.5 Å². The van der Waals surface area contributed by atoms with Gasteiger partial charge in [-0.15, -0.1) is 11.3 Å². The minimum absolute atomic E-state index is 0.0146. The average molecular weight is 427 g/mol. The summed E-state index contributed by atoms with van der Waals surface area (Å²) in [6, 6.07) is 16.0. The van der Waals surface area contributed by atoms with Gasteiger partial charge < -0.3 is 4.90 Å². The first kappa shape index (κ1) is 19.7. The Hall–Kier alpha value is -2.64. The lowest BCUT2D eigenvalue weighted by Crippen LogP contribution is -2.28. The van der Waals surface area contributed by atoms with Gasteiger partial charge in [-0.25, -0.2) is 8.42 Å². The molecule has 1 N–H and O–H groups in total. The quantitative estimate of drug-likeness (QED) is 0.621. The van der Waals surface area contributed by atoms with Crippen LogP contribution in [0.25, 0.3) is 0 Å². The molecule has 0 saturated carbocycles. The van der Waals surface area contributed by atoms with Gasteiger partial charge in [0.15, 0.2) is 0 Å². The Morgan fingerprint density at radius 2 is 1.93 bits per heavy atom. The van der Waals surface area contributed by atoms with Crippen LogP contribution in [0.4, 0.5) is 11.4 Å². The lowest BCUT2D eigenvalue weighted by Gasteiger charge is -2.17. The molecule has 2 heterocycles. The number of fused-ring (bicyclic) bond motifs is 1. The smallest absolute Gasteiger partial charge is 0.268 e. The van der Waals surface area contributed by atoms with E-state index in [1.165, 1.54) is 11.3 Å². The van der Waals surface area contributed by atoms with Crippen LogP contribution in [0, 0.1) is 0 Å². The summed E-state index contributed by atoms with van der Waals surface area (Å²) < 4.78 is 28.1. The van der Waals surface area contributed by atoms with Gasteiger partial charge in [-0.05, 0) is 65.7 Å². The van der Waals surface area contributed by atoms with Gasteiger partial charge in [-0.2, -0.15) is 0 Å². The highest BCUT2D eigenvalue weighted by Crippen LogP contribution is 2.33. The van der Waals surface area contributed by atoms with Crippen molar-refractivity contribution in [3.63, 3.8) is 0 Å². The van der Waals surface area contributed by atoms with Crippen LogP contribution >= 0.6 is 11.3 Å². The average Bonchev–Trinajstić information content (AvgIpc) is 3.38. The fourth-order valence-corrected chi connectivity index (χ4v) is 5.27. The first-order valence-corrected chi connectivity index (χ1v) is 11.9. The van der Waals surface area contributed by atoms with Crippen molar-refractivity contribution < 1.29 is 13.2 Å². The summed E-state index contributed by atoms with van der Waals surface area (Å²) in [5, 5.41) is 1.89. The summed E-state index contributed by atoms with van der Waals surface area (Å²) >= 11 is 1.42. The molecule has 3 aromatic rings. The van der Waals surface area contributed by atoms with E-state index in [9.17, 15) is 13.2 Å². The number of aryl methyl sites for hydroxylation is 1. The maximum Gasteiger partial charge on any atom is 0.268 e. The SMILES string of the molecule is CCCc1ccc(S(=O)(=O)Nc2ccc3c(c2)CCN3C(=O)c2cccs2)cc1. The van der Waals surface area contributed by atoms with Crippen LogP contribution in [-0.2, 0) is 22.9 Å². The van der Waals surface area contributed by atoms with E-state index < -0.39 is 10.0 Å². The molecule has 4 rings (SSSR count). The normalized spacial score (nSPS) is 13.3. The zero-order valence-corrected chi connectivity index (χ0v) is 17.7. The number of thiophene rings is 1. The highest BCUT2D eigenvalue weighted by molar-refractivity contribution is 7.92. The molecular weight excluding hydrogens is 404 g/mol. The topological polar surface area (TPSA) is 66.5 Å². The molecule has 1 aromatic heterocycles. The van der Waals surface area contributed by atoms with Crippen molar-refractivity contribution in [2.45, 2.75) is 31.1 Å². The summed E-state index contributed by atoms with van der Waals surface area (Å²) in [5.74, 6) is -0.0146. The largest absolute Gasteiger partial charge is 0.307 e. The minimum atomic E-state index is -3.66. The number of anilines is 2. The van der Waals surface area contributed by atoms with Gasteiger partial charge in [0, 0.05) is 17.9 Å². The molecule has 1 aliphatic rings. The molecule has 7 heteroatoms. The van der Waals surface area contributed by atoms with Crippen LogP contribution in [-0.4, -0.2) is 20.9 Å². The van der Waals surface area contributed by atoms with Crippen molar-refractivity contribution in [3.8, 4) is 0 Å². The lowest BCUT2D eigenvalue weighted by atomic mass is 10.1. The van der Waals surface area contributed by atoms with Crippen LogP contribution in [0.3, 0.4) is 0 Å². The van der Waals surface area contributed by atoms with Crippen LogP contribution < -0.4 is 9.62 Å². The van der Waals surface area contributed by atoms with Crippen molar-refractivity contribution >= 4 is 38.6 Å². The molecule has 0 bridgehead atoms. The van der Waals surface area contributed by atoms with Crippen molar-refractivity contribution in [2.24, 2.45) is 0 Å². The third kappa shape index (κ3) is 4.06. The Kier molecular flexibility index (Phi) is 5.43. The first-order chi connectivity index (χ1) is 14.0. The molecule has 1 amide bonds. The number of nitrogens with zero attached hydrogens (tertiary/aromatic N) is 1. The molecule has 0 radical (unpaired) electrons. The molecule has 0 saturated heterocycles. The summed E-state index contributed by atoms with van der Waals surface area (Å²) in [7, 11) is -3.66. The van der Waals surface area contributed by atoms with E-state index in [1.807, 2.05) is 41.8 Å². The van der Waals surface area contributed by atoms with E-state index in [4.69, 9.17) is 0 Å². The molecule has 0 atom stereocenters. The summed E-state index contributed by atoms with van der Waals surface area (Å²) in [6.07, 6.45) is 2.65. The van der Waals surface area contributed by atoms with Gasteiger partial charge in [0.05, 0.1) is 9.77 Å². The monoisotopic (exact) mass is 426 g/mol. The van der Waals surface area contributed by atoms with Gasteiger partial charge >= 0.3 is 0 Å². The standard InChI is InChI=1S/C22H22N2O3S2/c1-2-4-16-6-9-19(10-7-16)29(26,27)23-18-8-11-20-17(15-18)12-13-24(20)22(25)21-5-3-14-28-21/h3,5-11,14-15,23H,2,4,12-13H2,1H3. The number of nitrogens with one attached hydrogen (secondary N) is 1. The van der Waals surface area contributed by atoms with E-state index in [1.54, 1.807) is 23.1 Å². The lowest BCUT2D eigenvalue weighted by molar-refractivity contribution is 0.0993. The molecule has 0 unspecified atom stereocenters. The van der Waals surface area contributed by atoms with Crippen LogP contribution in [0.5, 0.6) is 0 Å². The van der Waals surface area contributed by atoms with E-state index in [-0.39, 0.29) is 10.8 Å². The zero-order valence-electron chi connectivity index (χ0n) is 16.1. The first-order valence-electron chi connectivity index (χ1n) is 9.58. The minimum Gasteiger partial charge on any atom is -0.307 e. The molecular formula is C22H22N2O3S2. The number of carbonyl (C=O) groups excluding carboxylic acids is 1. The third-order valence-corrected chi connectivity index (χ3v) is 7.23. The number of amides is 1. The van der Waals surface area contributed by atoms with Gasteiger partial charge in [0.25, 0.3) is 15.9 Å². The fraction of sp³-hybridized carbons (Fsp3) is 0.227. The highest BCUT2D eigenvalue weighted by Gasteiger charge is 2.26. The highest BCUT2D eigenvalue weighted by atomic mass is 32.2. The zero-order chi connectivity index (χ0) is 20.4. The Balaban J connectivity index is 1.53. The Bertz CT molecular complexity index is 1120. The Morgan fingerprint density at radius 3 is 2.62 bits per heavy atom. The molecule has 0 aliphatic carbocycles. The van der Waals surface area contributed by atoms with Gasteiger partial charge in [-0.3, -0.25) is 9.52 Å². The van der Waals surface area contributed by atoms with Crippen molar-refractivity contribution in [1.82, 2.24) is 0 Å². The fourth-order valence-electron chi connectivity index (χ4n) is 3.55. The Labute approximate surface area is 175 Å². The van der Waals surface area contributed by atoms with Crippen LogP contribution in [0.2, 0.25) is 0 Å². The van der Waals surface area contributed by atoms with E-state index in [0.717, 1.165) is 29.7 Å². The summed E-state index contributed by atoms with van der Waals surface area (Å²) in [6.45, 7) is 2.69. The molecule has 29 heavy (non-hydrogen) atoms. The number of hydrogen-bond acceptors (Lipinski definition) is 4. The predicted octanol–water partition coefficient (Wildman–Crippen LogP) is 4.70. The van der Waals surface area contributed by atoms with Crippen LogP contribution in [0.1, 0.15) is 34.1 Å². The van der Waals surface area contributed by atoms with Crippen molar-refractivity contribution in [3.05, 3.63) is 76.0 Å². The summed E-state index contributed by atoms with van der Waals surface area (Å²) in [5.41, 5.74) is 3.44. The molecule has 2 aromatic carbocycles. The van der Waals surface area contributed by atoms with E-state index >= 15 is 0 Å². The van der Waals surface area contributed by atoms with Crippen molar-refractivity contribution in [2.75, 3.05) is 16.2 Å². The predicted molar refractivity (Wildman–Crippen MR) is 117 cm³/mol. The molecule has 5 nitrogen and oxygen atoms in total. The van der Waals surface area contributed by atoms with Gasteiger partial charge in [0.2, 0.25) is 0 Å². The molecule has 150 valence electrons. The van der Waals surface area contributed by atoms with Crippen LogP contribution in [0.15, 0.2) is 64.9 Å². The van der Waals surface area contributed by atoms with E-state index in [2.05, 4.69) is 11.6 Å². The number of benzene rings is 2. The second-order valence-electron chi connectivity index (χ2n) is 7.03. The number of rotatable bonds is 6. The molecule has 0 fully saturated rings. The van der Waals surface area contributed by atoms with Crippen molar-refractivity contribution in [1.29, 1.82) is 0 Å². The Morgan fingerprint density at radius 1 is 1.14 bits per heavy atom. The maximum absolute atomic E-state index is 12.7. The van der Waals surface area contributed by atoms with Gasteiger partial charge in [0.1, 0.15) is 0 Å². The number of sulfonamides is 1. The second kappa shape index (κ2) is 8.00. The van der Waals surface area contributed by atoms with Gasteiger partial charge in [-0.1, -0.05) is 31.5 Å². The number of hydrogen-bond donors (Lipinski definition) is 1. The molecule has 1 aliphatic heterocycles. The number of carbonyl (C=O) groups is 1. The summed E-state index contributed by atoms with van der Waals surface area (Å²) in [4.78, 5) is 15.4. The second-order valence-corrected chi connectivity index (χ2v) is 9.66. The third-order valence-electron chi connectivity index (χ3n) is 4.98. The maximum atomic E-state index is 12.7.